The summed E-state index contributed by atoms with van der Waals surface area (Å²) in [6, 6.07) is -0.0625. The van der Waals surface area contributed by atoms with Gasteiger partial charge in [0.1, 0.15) is 0 Å². The van der Waals surface area contributed by atoms with Gasteiger partial charge >= 0.3 is 0 Å². The van der Waals surface area contributed by atoms with Crippen molar-refractivity contribution in [2.75, 3.05) is 0 Å². The first-order chi connectivity index (χ1) is 5.07. The molecule has 0 fully saturated rings. The van der Waals surface area contributed by atoms with Gasteiger partial charge in [-0.15, -0.1) is 0 Å². The molecule has 66 valence electrons. The maximum atomic E-state index is 10.5. The normalized spacial score (nSPS) is 15.9. The molecule has 0 heterocycles. The average molecular weight is 158 g/mol. The van der Waals surface area contributed by atoms with Gasteiger partial charge in [0, 0.05) is 12.5 Å². The van der Waals surface area contributed by atoms with E-state index < -0.39 is 0 Å². The maximum absolute atomic E-state index is 10.5. The fraction of sp³-hybridized carbons (Fsp3) is 0.875. The number of hydrogen-bond donors (Lipinski definition) is 2. The molecule has 0 spiro atoms. The highest BCUT2D eigenvalue weighted by molar-refractivity contribution is 5.74. The molecule has 0 saturated carbocycles. The largest absolute Gasteiger partial charge is 0.370 e. The first-order valence-corrected chi connectivity index (χ1v) is 4.11. The van der Waals surface area contributed by atoms with Gasteiger partial charge in [-0.05, 0) is 12.3 Å². The number of nitrogens with two attached hydrogens (primary N) is 2. The highest BCUT2D eigenvalue weighted by Gasteiger charge is 2.13. The van der Waals surface area contributed by atoms with Gasteiger partial charge in [-0.1, -0.05) is 20.3 Å². The third-order valence-corrected chi connectivity index (χ3v) is 1.91. The zero-order valence-electron chi connectivity index (χ0n) is 7.34. The Balaban J connectivity index is 3.63. The third kappa shape index (κ3) is 4.79. The quantitative estimate of drug-likeness (QED) is 0.616. The lowest BCUT2D eigenvalue weighted by Crippen LogP contribution is -2.33. The lowest BCUT2D eigenvalue weighted by Gasteiger charge is -2.17. The van der Waals surface area contributed by atoms with Crippen molar-refractivity contribution < 1.29 is 4.79 Å². The first kappa shape index (κ1) is 10.4. The van der Waals surface area contributed by atoms with Crippen LogP contribution < -0.4 is 11.5 Å². The number of carbonyl (C=O) groups is 1. The van der Waals surface area contributed by atoms with Gasteiger partial charge in [-0.3, -0.25) is 4.79 Å². The molecule has 0 aromatic heterocycles. The van der Waals surface area contributed by atoms with Crippen LogP contribution in [0.5, 0.6) is 0 Å². The monoisotopic (exact) mass is 158 g/mol. The Morgan fingerprint density at radius 1 is 1.55 bits per heavy atom. The summed E-state index contributed by atoms with van der Waals surface area (Å²) in [6.45, 7) is 4.16. The van der Waals surface area contributed by atoms with Crippen LogP contribution in [0, 0.1) is 5.92 Å². The molecule has 1 amide bonds. The summed E-state index contributed by atoms with van der Waals surface area (Å²) in [4.78, 5) is 10.5. The van der Waals surface area contributed by atoms with Crippen LogP contribution in [0.3, 0.4) is 0 Å². The molecule has 0 saturated heterocycles. The minimum absolute atomic E-state index is 0.0625. The summed E-state index contributed by atoms with van der Waals surface area (Å²) in [5, 5.41) is 0. The van der Waals surface area contributed by atoms with Gasteiger partial charge < -0.3 is 11.5 Å². The number of carbonyl (C=O) groups excluding carboxylic acids is 1. The predicted octanol–water partition coefficient (Wildman–Crippen LogP) is 0.625. The van der Waals surface area contributed by atoms with Crippen LogP contribution in [0.25, 0.3) is 0 Å². The van der Waals surface area contributed by atoms with Crippen molar-refractivity contribution in [3.63, 3.8) is 0 Å². The van der Waals surface area contributed by atoms with Crippen LogP contribution in [0.2, 0.25) is 0 Å². The van der Waals surface area contributed by atoms with Gasteiger partial charge in [-0.2, -0.15) is 0 Å². The SMILES string of the molecule is CCCC(C)C(N)CC(N)=O. The van der Waals surface area contributed by atoms with Gasteiger partial charge in [0.2, 0.25) is 5.91 Å². The number of rotatable bonds is 5. The molecule has 0 aromatic rings. The fourth-order valence-electron chi connectivity index (χ4n) is 1.10. The molecule has 0 aliphatic heterocycles. The molecule has 3 heteroatoms. The molecule has 11 heavy (non-hydrogen) atoms. The van der Waals surface area contributed by atoms with Crippen LogP contribution in [0.1, 0.15) is 33.1 Å². The van der Waals surface area contributed by atoms with Crippen molar-refractivity contribution in [1.82, 2.24) is 0 Å². The van der Waals surface area contributed by atoms with Crippen molar-refractivity contribution in [2.45, 2.75) is 39.2 Å². The smallest absolute Gasteiger partial charge is 0.218 e. The Labute approximate surface area is 68.1 Å². The minimum atomic E-state index is -0.305. The highest BCUT2D eigenvalue weighted by atomic mass is 16.1. The molecule has 0 aliphatic carbocycles. The molecule has 0 radical (unpaired) electrons. The standard InChI is InChI=1S/C8H18N2O/c1-3-4-6(2)7(9)5-8(10)11/h6-7H,3-5,9H2,1-2H3,(H2,10,11). The van der Waals surface area contributed by atoms with Crippen molar-refractivity contribution in [1.29, 1.82) is 0 Å². The van der Waals surface area contributed by atoms with Crippen molar-refractivity contribution in [3.8, 4) is 0 Å². The summed E-state index contributed by atoms with van der Waals surface area (Å²) in [6.07, 6.45) is 2.48. The molecule has 0 aliphatic rings. The van der Waals surface area contributed by atoms with E-state index in [1.54, 1.807) is 0 Å². The number of amides is 1. The summed E-state index contributed by atoms with van der Waals surface area (Å²) < 4.78 is 0. The van der Waals surface area contributed by atoms with Crippen molar-refractivity contribution >= 4 is 5.91 Å². The van der Waals surface area contributed by atoms with Gasteiger partial charge in [-0.25, -0.2) is 0 Å². The van der Waals surface area contributed by atoms with E-state index in [0.29, 0.717) is 12.3 Å². The van der Waals surface area contributed by atoms with E-state index in [0.717, 1.165) is 12.8 Å². The molecule has 3 nitrogen and oxygen atoms in total. The van der Waals surface area contributed by atoms with E-state index in [2.05, 4.69) is 13.8 Å². The number of primary amides is 1. The Hall–Kier alpha value is -0.570. The Kier molecular flexibility index (Phi) is 4.86. The molecule has 2 atom stereocenters. The van der Waals surface area contributed by atoms with E-state index in [-0.39, 0.29) is 11.9 Å². The fourth-order valence-corrected chi connectivity index (χ4v) is 1.10. The second kappa shape index (κ2) is 5.13. The maximum Gasteiger partial charge on any atom is 0.218 e. The van der Waals surface area contributed by atoms with Crippen LogP contribution in [-0.4, -0.2) is 11.9 Å². The Morgan fingerprint density at radius 3 is 2.45 bits per heavy atom. The molecule has 2 unspecified atom stereocenters. The molecular formula is C8H18N2O. The van der Waals surface area contributed by atoms with Crippen LogP contribution in [-0.2, 0) is 4.79 Å². The van der Waals surface area contributed by atoms with E-state index in [4.69, 9.17) is 11.5 Å². The zero-order chi connectivity index (χ0) is 8.85. The second-order valence-electron chi connectivity index (χ2n) is 3.10. The van der Waals surface area contributed by atoms with Gasteiger partial charge in [0.25, 0.3) is 0 Å². The summed E-state index contributed by atoms with van der Waals surface area (Å²) in [5.74, 6) is 0.0907. The van der Waals surface area contributed by atoms with E-state index >= 15 is 0 Å². The molecule has 0 aromatic carbocycles. The van der Waals surface area contributed by atoms with E-state index in [9.17, 15) is 4.79 Å². The summed E-state index contributed by atoms with van der Waals surface area (Å²) in [5.41, 5.74) is 10.7. The van der Waals surface area contributed by atoms with E-state index in [1.807, 2.05) is 0 Å². The zero-order valence-corrected chi connectivity index (χ0v) is 7.34. The van der Waals surface area contributed by atoms with Gasteiger partial charge in [0.15, 0.2) is 0 Å². The van der Waals surface area contributed by atoms with Crippen molar-refractivity contribution in [3.05, 3.63) is 0 Å². The highest BCUT2D eigenvalue weighted by Crippen LogP contribution is 2.10. The van der Waals surface area contributed by atoms with Gasteiger partial charge in [0.05, 0.1) is 0 Å². The van der Waals surface area contributed by atoms with E-state index in [1.165, 1.54) is 0 Å². The topological polar surface area (TPSA) is 69.1 Å². The predicted molar refractivity (Wildman–Crippen MR) is 45.9 cm³/mol. The lowest BCUT2D eigenvalue weighted by molar-refractivity contribution is -0.118. The van der Waals surface area contributed by atoms with Crippen LogP contribution in [0.4, 0.5) is 0 Å². The minimum Gasteiger partial charge on any atom is -0.370 e. The third-order valence-electron chi connectivity index (χ3n) is 1.91. The second-order valence-corrected chi connectivity index (χ2v) is 3.10. The van der Waals surface area contributed by atoms with Crippen molar-refractivity contribution in [2.24, 2.45) is 17.4 Å². The summed E-state index contributed by atoms with van der Waals surface area (Å²) >= 11 is 0. The lowest BCUT2D eigenvalue weighted by atomic mass is 9.95. The first-order valence-electron chi connectivity index (χ1n) is 4.11. The molecule has 4 N–H and O–H groups in total. The Morgan fingerprint density at radius 2 is 2.09 bits per heavy atom. The average Bonchev–Trinajstić information content (AvgIpc) is 1.86. The van der Waals surface area contributed by atoms with Crippen LogP contribution in [0.15, 0.2) is 0 Å². The molecular weight excluding hydrogens is 140 g/mol. The summed E-state index contributed by atoms with van der Waals surface area (Å²) in [7, 11) is 0. The molecule has 0 rings (SSSR count). The number of hydrogen-bond acceptors (Lipinski definition) is 2. The van der Waals surface area contributed by atoms with Crippen LogP contribution >= 0.6 is 0 Å². The molecule has 0 bridgehead atoms. The Bertz CT molecular complexity index is 125.